The van der Waals surface area contributed by atoms with Gasteiger partial charge >= 0.3 is 11.8 Å². The molecule has 9 heteroatoms. The SMILES string of the molecule is CCOc1ccc([C@H]2C(C(=O)O)[C@@H](c3ccc4oc(=O)oc4c3)CN2CC(=O)Nc2c(CC)cccc2CC)cc1. The van der Waals surface area contributed by atoms with Crippen LogP contribution in [0.25, 0.3) is 11.2 Å². The standard InChI is InChI=1S/C32H34N2O7/c1-4-19-8-7-9-20(5-2)29(19)33-27(35)18-34-17-24(22-12-15-25-26(16-22)41-32(38)40-25)28(31(36)37)30(34)21-10-13-23(14-11-21)39-6-3/h7-16,24,28,30H,4-6,17-18H2,1-3H3,(H,33,35)(H,36,37)/t24-,28?,30+/m1/s1. The number of hydrogen-bond acceptors (Lipinski definition) is 7. The lowest BCUT2D eigenvalue weighted by Gasteiger charge is -2.27. The van der Waals surface area contributed by atoms with Crippen molar-refractivity contribution in [3.8, 4) is 5.75 Å². The smallest absolute Gasteiger partial charge is 0.494 e. The molecule has 1 unspecified atom stereocenters. The number of ether oxygens (including phenoxy) is 1. The van der Waals surface area contributed by atoms with Crippen molar-refractivity contribution in [3.63, 3.8) is 0 Å². The summed E-state index contributed by atoms with van der Waals surface area (Å²) in [4.78, 5) is 39.9. The van der Waals surface area contributed by atoms with Crippen LogP contribution in [0, 0.1) is 5.92 Å². The zero-order valence-electron chi connectivity index (χ0n) is 23.4. The van der Waals surface area contributed by atoms with Crippen molar-refractivity contribution in [2.45, 2.75) is 45.6 Å². The van der Waals surface area contributed by atoms with Crippen molar-refractivity contribution in [3.05, 3.63) is 93.5 Å². The summed E-state index contributed by atoms with van der Waals surface area (Å²) < 4.78 is 15.8. The molecular weight excluding hydrogens is 524 g/mol. The first-order valence-electron chi connectivity index (χ1n) is 14.0. The van der Waals surface area contributed by atoms with Crippen LogP contribution in [0.1, 0.15) is 55.0 Å². The third-order valence-corrected chi connectivity index (χ3v) is 7.81. The molecule has 3 aromatic carbocycles. The first-order chi connectivity index (χ1) is 19.8. The van der Waals surface area contributed by atoms with E-state index in [1.54, 1.807) is 18.2 Å². The predicted molar refractivity (Wildman–Crippen MR) is 154 cm³/mol. The van der Waals surface area contributed by atoms with Gasteiger partial charge in [0.25, 0.3) is 0 Å². The van der Waals surface area contributed by atoms with Crippen LogP contribution < -0.4 is 15.9 Å². The summed E-state index contributed by atoms with van der Waals surface area (Å²) in [5.74, 6) is -2.66. The molecule has 1 aromatic heterocycles. The van der Waals surface area contributed by atoms with Gasteiger partial charge in [0.15, 0.2) is 11.2 Å². The van der Waals surface area contributed by atoms with Gasteiger partial charge < -0.3 is 24.0 Å². The normalized spacial score (nSPS) is 19.0. The zero-order valence-corrected chi connectivity index (χ0v) is 23.4. The van der Waals surface area contributed by atoms with Crippen LogP contribution in [-0.2, 0) is 22.4 Å². The highest BCUT2D eigenvalue weighted by Crippen LogP contribution is 2.46. The molecule has 41 heavy (non-hydrogen) atoms. The maximum Gasteiger partial charge on any atom is 0.519 e. The number of nitrogens with zero attached hydrogens (tertiary/aromatic N) is 1. The Bertz CT molecular complexity index is 1580. The van der Waals surface area contributed by atoms with E-state index in [4.69, 9.17) is 13.6 Å². The molecule has 0 radical (unpaired) electrons. The van der Waals surface area contributed by atoms with Gasteiger partial charge in [0, 0.05) is 24.2 Å². The molecule has 1 aliphatic rings. The third-order valence-electron chi connectivity index (χ3n) is 7.81. The van der Waals surface area contributed by atoms with Crippen molar-refractivity contribution in [2.24, 2.45) is 5.92 Å². The van der Waals surface area contributed by atoms with E-state index in [-0.39, 0.29) is 18.0 Å². The molecule has 0 aliphatic carbocycles. The van der Waals surface area contributed by atoms with E-state index in [9.17, 15) is 19.5 Å². The molecule has 2 heterocycles. The van der Waals surface area contributed by atoms with E-state index < -0.39 is 29.7 Å². The lowest BCUT2D eigenvalue weighted by atomic mass is 9.83. The van der Waals surface area contributed by atoms with Crippen LogP contribution in [0.2, 0.25) is 0 Å². The summed E-state index contributed by atoms with van der Waals surface area (Å²) in [6.07, 6.45) is 1.55. The van der Waals surface area contributed by atoms with Gasteiger partial charge in [-0.05, 0) is 66.3 Å². The fourth-order valence-corrected chi connectivity index (χ4v) is 5.94. The molecule has 4 aromatic rings. The molecule has 0 saturated carbocycles. The Kier molecular flexibility index (Phi) is 8.26. The maximum atomic E-state index is 13.5. The highest BCUT2D eigenvalue weighted by molar-refractivity contribution is 5.94. The number of aliphatic carboxylic acids is 1. The van der Waals surface area contributed by atoms with Crippen LogP contribution in [-0.4, -0.2) is 41.6 Å². The highest BCUT2D eigenvalue weighted by atomic mass is 16.6. The highest BCUT2D eigenvalue weighted by Gasteiger charge is 2.48. The molecule has 214 valence electrons. The number of amides is 1. The Hall–Kier alpha value is -4.37. The number of benzene rings is 3. The van der Waals surface area contributed by atoms with Crippen molar-refractivity contribution < 1.29 is 28.3 Å². The summed E-state index contributed by atoms with van der Waals surface area (Å²) in [5, 5.41) is 13.6. The summed E-state index contributed by atoms with van der Waals surface area (Å²) in [7, 11) is 0. The molecule has 2 N–H and O–H groups in total. The Morgan fingerprint density at radius 2 is 1.61 bits per heavy atom. The Morgan fingerprint density at radius 1 is 0.951 bits per heavy atom. The second-order valence-electron chi connectivity index (χ2n) is 10.2. The van der Waals surface area contributed by atoms with Crippen molar-refractivity contribution in [1.29, 1.82) is 0 Å². The molecule has 0 spiro atoms. The van der Waals surface area contributed by atoms with Gasteiger partial charge in [0.2, 0.25) is 5.91 Å². The Labute approximate surface area is 237 Å². The number of carboxylic acids is 1. The van der Waals surface area contributed by atoms with Gasteiger partial charge in [0.1, 0.15) is 5.75 Å². The van der Waals surface area contributed by atoms with E-state index in [1.807, 2.05) is 68.1 Å². The van der Waals surface area contributed by atoms with Crippen molar-refractivity contribution in [2.75, 3.05) is 25.0 Å². The number of carbonyl (C=O) groups excluding carboxylic acids is 1. The van der Waals surface area contributed by atoms with Crippen LogP contribution in [0.5, 0.6) is 5.75 Å². The quantitative estimate of drug-likeness (QED) is 0.266. The largest absolute Gasteiger partial charge is 0.519 e. The van der Waals surface area contributed by atoms with Crippen LogP contribution in [0.15, 0.2) is 74.3 Å². The number of para-hydroxylation sites is 1. The molecular formula is C32H34N2O7. The zero-order chi connectivity index (χ0) is 29.1. The van der Waals surface area contributed by atoms with E-state index >= 15 is 0 Å². The lowest BCUT2D eigenvalue weighted by molar-refractivity contribution is -0.143. The number of fused-ring (bicyclic) bond motifs is 1. The monoisotopic (exact) mass is 558 g/mol. The van der Waals surface area contributed by atoms with Gasteiger partial charge in [-0.2, -0.15) is 0 Å². The number of hydrogen-bond donors (Lipinski definition) is 2. The van der Waals surface area contributed by atoms with E-state index in [2.05, 4.69) is 5.32 Å². The minimum atomic E-state index is -0.977. The van der Waals surface area contributed by atoms with Gasteiger partial charge in [-0.15, -0.1) is 0 Å². The average molecular weight is 559 g/mol. The first kappa shape index (κ1) is 28.2. The van der Waals surface area contributed by atoms with Gasteiger partial charge in [-0.3, -0.25) is 14.5 Å². The van der Waals surface area contributed by atoms with E-state index in [0.29, 0.717) is 30.0 Å². The summed E-state index contributed by atoms with van der Waals surface area (Å²) in [6.45, 7) is 6.83. The molecule has 0 bridgehead atoms. The summed E-state index contributed by atoms with van der Waals surface area (Å²) in [6, 6.07) is 17.8. The topological polar surface area (TPSA) is 122 Å². The number of nitrogens with one attached hydrogen (secondary N) is 1. The molecule has 1 fully saturated rings. The second kappa shape index (κ2) is 12.0. The minimum Gasteiger partial charge on any atom is -0.494 e. The number of rotatable bonds is 10. The predicted octanol–water partition coefficient (Wildman–Crippen LogP) is 5.39. The Morgan fingerprint density at radius 3 is 2.24 bits per heavy atom. The number of carbonyl (C=O) groups is 2. The maximum absolute atomic E-state index is 13.5. The molecule has 1 amide bonds. The lowest BCUT2D eigenvalue weighted by Crippen LogP contribution is -2.35. The fourth-order valence-electron chi connectivity index (χ4n) is 5.94. The van der Waals surface area contributed by atoms with Crippen LogP contribution >= 0.6 is 0 Å². The fraction of sp³-hybridized carbons (Fsp3) is 0.344. The molecule has 1 aliphatic heterocycles. The van der Waals surface area contributed by atoms with Crippen LogP contribution in [0.3, 0.4) is 0 Å². The molecule has 5 rings (SSSR count). The van der Waals surface area contributed by atoms with Gasteiger partial charge in [0.05, 0.1) is 19.1 Å². The van der Waals surface area contributed by atoms with E-state index in [1.165, 1.54) is 0 Å². The third kappa shape index (κ3) is 5.76. The Balaban J connectivity index is 1.51. The van der Waals surface area contributed by atoms with E-state index in [0.717, 1.165) is 35.2 Å². The number of aryl methyl sites for hydroxylation is 2. The summed E-state index contributed by atoms with van der Waals surface area (Å²) >= 11 is 0. The molecule has 1 saturated heterocycles. The van der Waals surface area contributed by atoms with Crippen molar-refractivity contribution >= 4 is 28.7 Å². The number of anilines is 1. The average Bonchev–Trinajstić information content (AvgIpc) is 3.53. The summed E-state index contributed by atoms with van der Waals surface area (Å²) in [5.41, 5.74) is 4.95. The molecule has 3 atom stereocenters. The number of carboxylic acid groups (broad SMARTS) is 1. The minimum absolute atomic E-state index is 0.00238. The van der Waals surface area contributed by atoms with Gasteiger partial charge in [-0.1, -0.05) is 50.2 Å². The number of likely N-dealkylation sites (tertiary alicyclic amines) is 1. The second-order valence-corrected chi connectivity index (χ2v) is 10.2. The first-order valence-corrected chi connectivity index (χ1v) is 14.0. The van der Waals surface area contributed by atoms with Crippen molar-refractivity contribution in [1.82, 2.24) is 4.90 Å². The molecule has 9 nitrogen and oxygen atoms in total. The van der Waals surface area contributed by atoms with Crippen LogP contribution in [0.4, 0.5) is 5.69 Å². The van der Waals surface area contributed by atoms with Gasteiger partial charge in [-0.25, -0.2) is 4.79 Å².